The Hall–Kier alpha value is -3.12. The molecule has 0 unspecified atom stereocenters. The van der Waals surface area contributed by atoms with Crippen LogP contribution in [0.15, 0.2) is 83.3 Å². The molecular formula is C30H35BrN2O3. The summed E-state index contributed by atoms with van der Waals surface area (Å²) in [7, 11) is 0. The molecule has 0 aliphatic carbocycles. The summed E-state index contributed by atoms with van der Waals surface area (Å²) >= 11 is 3.58. The van der Waals surface area contributed by atoms with Gasteiger partial charge in [0.05, 0.1) is 4.47 Å². The first-order chi connectivity index (χ1) is 17.2. The quantitative estimate of drug-likeness (QED) is 0.341. The Bertz CT molecular complexity index is 1140. The van der Waals surface area contributed by atoms with E-state index in [1.54, 1.807) is 4.90 Å². The summed E-state index contributed by atoms with van der Waals surface area (Å²) in [6.45, 7) is 8.94. The van der Waals surface area contributed by atoms with Gasteiger partial charge in [0, 0.05) is 19.5 Å². The Labute approximate surface area is 223 Å². The fourth-order valence-electron chi connectivity index (χ4n) is 3.93. The summed E-state index contributed by atoms with van der Waals surface area (Å²) in [6.07, 6.45) is 0.412. The number of ether oxygens (including phenoxy) is 1. The van der Waals surface area contributed by atoms with E-state index in [1.165, 1.54) is 0 Å². The molecule has 0 aliphatic rings. The highest BCUT2D eigenvalue weighted by Crippen LogP contribution is 2.31. The number of rotatable bonds is 10. The molecule has 190 valence electrons. The van der Waals surface area contributed by atoms with Crippen molar-refractivity contribution in [2.24, 2.45) is 0 Å². The minimum Gasteiger partial charge on any atom is -0.483 e. The monoisotopic (exact) mass is 550 g/mol. The van der Waals surface area contributed by atoms with Crippen LogP contribution in [0.1, 0.15) is 44.4 Å². The molecule has 3 aromatic rings. The number of carbonyl (C=O) groups is 2. The molecule has 0 aromatic heterocycles. The van der Waals surface area contributed by atoms with E-state index in [2.05, 4.69) is 42.0 Å². The van der Waals surface area contributed by atoms with E-state index in [0.29, 0.717) is 25.3 Å². The van der Waals surface area contributed by atoms with Crippen LogP contribution in [-0.4, -0.2) is 35.9 Å². The standard InChI is InChI=1S/C30H35BrN2O3/c1-5-32-29(35)26(18-22-12-8-6-9-13-22)33(20-23-14-10-7-11-15-23)28(34)21-36-27-17-16-24(19-25(27)31)30(2,3)4/h6-17,19,26H,5,18,20-21H2,1-4H3,(H,32,35)/t26-/m1/s1. The number of nitrogens with zero attached hydrogens (tertiary/aromatic N) is 1. The maximum atomic E-state index is 13.6. The van der Waals surface area contributed by atoms with Gasteiger partial charge < -0.3 is 15.0 Å². The maximum absolute atomic E-state index is 13.6. The molecule has 1 atom stereocenters. The molecule has 1 N–H and O–H groups in total. The second-order valence-corrected chi connectivity index (χ2v) is 10.6. The molecule has 0 heterocycles. The van der Waals surface area contributed by atoms with E-state index in [1.807, 2.05) is 85.8 Å². The van der Waals surface area contributed by atoms with E-state index < -0.39 is 6.04 Å². The van der Waals surface area contributed by atoms with Crippen LogP contribution < -0.4 is 10.1 Å². The van der Waals surface area contributed by atoms with Crippen molar-refractivity contribution < 1.29 is 14.3 Å². The van der Waals surface area contributed by atoms with E-state index in [-0.39, 0.29) is 23.8 Å². The summed E-state index contributed by atoms with van der Waals surface area (Å²) < 4.78 is 6.75. The Morgan fingerprint density at radius 3 is 2.11 bits per heavy atom. The Morgan fingerprint density at radius 2 is 1.56 bits per heavy atom. The molecule has 3 rings (SSSR count). The van der Waals surface area contributed by atoms with Crippen molar-refractivity contribution in [1.82, 2.24) is 10.2 Å². The summed E-state index contributed by atoms with van der Waals surface area (Å²) in [4.78, 5) is 28.4. The first kappa shape index (κ1) is 27.5. The molecule has 0 aliphatic heterocycles. The summed E-state index contributed by atoms with van der Waals surface area (Å²) in [5, 5.41) is 2.91. The van der Waals surface area contributed by atoms with Crippen molar-refractivity contribution in [3.8, 4) is 5.75 Å². The van der Waals surface area contributed by atoms with Crippen molar-refractivity contribution in [1.29, 1.82) is 0 Å². The lowest BCUT2D eigenvalue weighted by Gasteiger charge is -2.31. The SMILES string of the molecule is CCNC(=O)[C@@H](Cc1ccccc1)N(Cc1ccccc1)C(=O)COc1ccc(C(C)(C)C)cc1Br. The third-order valence-electron chi connectivity index (χ3n) is 5.97. The lowest BCUT2D eigenvalue weighted by Crippen LogP contribution is -2.51. The third-order valence-corrected chi connectivity index (χ3v) is 6.59. The molecule has 0 saturated heterocycles. The number of halogens is 1. The van der Waals surface area contributed by atoms with Gasteiger partial charge in [0.2, 0.25) is 5.91 Å². The maximum Gasteiger partial charge on any atom is 0.261 e. The van der Waals surface area contributed by atoms with Crippen LogP contribution in [0, 0.1) is 0 Å². The molecule has 36 heavy (non-hydrogen) atoms. The van der Waals surface area contributed by atoms with Gasteiger partial charge in [-0.2, -0.15) is 0 Å². The molecule has 5 nitrogen and oxygen atoms in total. The minimum absolute atomic E-state index is 0.000646. The molecule has 0 bridgehead atoms. The predicted octanol–water partition coefficient (Wildman–Crippen LogP) is 5.90. The summed E-state index contributed by atoms with van der Waals surface area (Å²) in [5.41, 5.74) is 3.10. The number of hydrogen-bond acceptors (Lipinski definition) is 3. The van der Waals surface area contributed by atoms with Crippen molar-refractivity contribution in [3.05, 3.63) is 100 Å². The van der Waals surface area contributed by atoms with E-state index in [9.17, 15) is 9.59 Å². The number of amides is 2. The zero-order chi connectivity index (χ0) is 26.1. The second-order valence-electron chi connectivity index (χ2n) is 9.79. The summed E-state index contributed by atoms with van der Waals surface area (Å²) in [6, 6.07) is 24.7. The highest BCUT2D eigenvalue weighted by molar-refractivity contribution is 9.10. The zero-order valence-corrected chi connectivity index (χ0v) is 23.0. The number of likely N-dealkylation sites (N-methyl/N-ethyl adjacent to an activating group) is 1. The van der Waals surface area contributed by atoms with Crippen LogP contribution in [0.5, 0.6) is 5.75 Å². The van der Waals surface area contributed by atoms with Crippen LogP contribution >= 0.6 is 15.9 Å². The van der Waals surface area contributed by atoms with E-state index in [4.69, 9.17) is 4.74 Å². The molecule has 0 spiro atoms. The zero-order valence-electron chi connectivity index (χ0n) is 21.5. The van der Waals surface area contributed by atoms with Gasteiger partial charge in [0.25, 0.3) is 5.91 Å². The smallest absolute Gasteiger partial charge is 0.261 e. The van der Waals surface area contributed by atoms with Gasteiger partial charge in [-0.15, -0.1) is 0 Å². The highest BCUT2D eigenvalue weighted by atomic mass is 79.9. The van der Waals surface area contributed by atoms with E-state index in [0.717, 1.165) is 21.2 Å². The predicted molar refractivity (Wildman–Crippen MR) is 148 cm³/mol. The van der Waals surface area contributed by atoms with Crippen molar-refractivity contribution in [2.45, 2.75) is 52.1 Å². The Balaban J connectivity index is 1.86. The van der Waals surface area contributed by atoms with Crippen LogP contribution in [0.2, 0.25) is 0 Å². The van der Waals surface area contributed by atoms with Crippen molar-refractivity contribution in [2.75, 3.05) is 13.2 Å². The molecule has 0 saturated carbocycles. The van der Waals surface area contributed by atoms with Crippen LogP contribution in [0.25, 0.3) is 0 Å². The minimum atomic E-state index is -0.671. The van der Waals surface area contributed by atoms with Crippen LogP contribution in [-0.2, 0) is 28.0 Å². The number of benzene rings is 3. The Morgan fingerprint density at radius 1 is 0.944 bits per heavy atom. The average molecular weight is 552 g/mol. The topological polar surface area (TPSA) is 58.6 Å². The fourth-order valence-corrected chi connectivity index (χ4v) is 4.43. The van der Waals surface area contributed by atoms with Crippen molar-refractivity contribution >= 4 is 27.7 Å². The second kappa shape index (κ2) is 12.7. The van der Waals surface area contributed by atoms with Gasteiger partial charge in [0.1, 0.15) is 11.8 Å². The number of hydrogen-bond donors (Lipinski definition) is 1. The lowest BCUT2D eigenvalue weighted by atomic mass is 9.87. The molecule has 0 radical (unpaired) electrons. The number of carbonyl (C=O) groups excluding carboxylic acids is 2. The molecule has 2 amide bonds. The molecular weight excluding hydrogens is 516 g/mol. The highest BCUT2D eigenvalue weighted by Gasteiger charge is 2.30. The summed E-state index contributed by atoms with van der Waals surface area (Å²) in [5.74, 6) is 0.160. The van der Waals surface area contributed by atoms with Gasteiger partial charge in [-0.25, -0.2) is 0 Å². The first-order valence-corrected chi connectivity index (χ1v) is 13.1. The fraction of sp³-hybridized carbons (Fsp3) is 0.333. The van der Waals surface area contributed by atoms with Gasteiger partial charge >= 0.3 is 0 Å². The molecule has 6 heteroatoms. The van der Waals surface area contributed by atoms with Crippen LogP contribution in [0.3, 0.4) is 0 Å². The van der Waals surface area contributed by atoms with Gasteiger partial charge in [-0.3, -0.25) is 9.59 Å². The Kier molecular flexibility index (Phi) is 9.71. The van der Waals surface area contributed by atoms with E-state index >= 15 is 0 Å². The number of nitrogens with one attached hydrogen (secondary N) is 1. The van der Waals surface area contributed by atoms with Gasteiger partial charge in [-0.05, 0) is 57.1 Å². The molecule has 0 fully saturated rings. The molecule has 3 aromatic carbocycles. The largest absolute Gasteiger partial charge is 0.483 e. The van der Waals surface area contributed by atoms with Crippen LogP contribution in [0.4, 0.5) is 0 Å². The van der Waals surface area contributed by atoms with Gasteiger partial charge in [-0.1, -0.05) is 87.5 Å². The normalized spacial score (nSPS) is 12.0. The van der Waals surface area contributed by atoms with Crippen molar-refractivity contribution in [3.63, 3.8) is 0 Å². The first-order valence-electron chi connectivity index (χ1n) is 12.3. The van der Waals surface area contributed by atoms with Gasteiger partial charge in [0.15, 0.2) is 6.61 Å². The lowest BCUT2D eigenvalue weighted by molar-refractivity contribution is -0.142. The average Bonchev–Trinajstić information content (AvgIpc) is 2.86. The third kappa shape index (κ3) is 7.69.